The number of amides is 1. The molecule has 0 bridgehead atoms. The van der Waals surface area contributed by atoms with Crippen molar-refractivity contribution in [3.63, 3.8) is 0 Å². The Kier molecular flexibility index (Phi) is 4.03. The average molecular weight is 344 g/mol. The highest BCUT2D eigenvalue weighted by Gasteiger charge is 2.57. The molecule has 2 aliphatic rings. The van der Waals surface area contributed by atoms with Crippen molar-refractivity contribution in [3.8, 4) is 0 Å². The zero-order chi connectivity index (χ0) is 17.4. The van der Waals surface area contributed by atoms with Crippen LogP contribution in [0.1, 0.15) is 42.6 Å². The molecule has 0 radical (unpaired) electrons. The zero-order valence-electron chi connectivity index (χ0n) is 14.1. The highest BCUT2D eigenvalue weighted by molar-refractivity contribution is 5.83. The summed E-state index contributed by atoms with van der Waals surface area (Å²) in [6.07, 6.45) is 2.92. The van der Waals surface area contributed by atoms with E-state index in [-0.39, 0.29) is 23.1 Å². The molecule has 2 heterocycles. The van der Waals surface area contributed by atoms with E-state index in [1.54, 1.807) is 25.1 Å². The number of hydrogen-bond donors (Lipinski definition) is 2. The highest BCUT2D eigenvalue weighted by Crippen LogP contribution is 2.58. The van der Waals surface area contributed by atoms with Gasteiger partial charge in [-0.25, -0.2) is 4.39 Å². The molecule has 7 heteroatoms. The van der Waals surface area contributed by atoms with E-state index in [4.69, 9.17) is 4.52 Å². The molecule has 2 aromatic rings. The summed E-state index contributed by atoms with van der Waals surface area (Å²) < 4.78 is 19.3. The van der Waals surface area contributed by atoms with Gasteiger partial charge in [0.05, 0.1) is 0 Å². The Balaban J connectivity index is 1.57. The van der Waals surface area contributed by atoms with Crippen LogP contribution in [0.2, 0.25) is 0 Å². The quantitative estimate of drug-likeness (QED) is 0.888. The first kappa shape index (κ1) is 16.2. The van der Waals surface area contributed by atoms with E-state index >= 15 is 0 Å². The van der Waals surface area contributed by atoms with E-state index in [1.807, 2.05) is 0 Å². The number of aryl methyl sites for hydroxylation is 1. The number of nitrogens with one attached hydrogen (secondary N) is 2. The van der Waals surface area contributed by atoms with Crippen molar-refractivity contribution in [1.82, 2.24) is 20.8 Å². The molecular weight excluding hydrogens is 323 g/mol. The fraction of sp³-hybridized carbons (Fsp3) is 0.500. The second-order valence-electron chi connectivity index (χ2n) is 7.00. The van der Waals surface area contributed by atoms with Crippen LogP contribution in [0.4, 0.5) is 4.39 Å². The maximum Gasteiger partial charge on any atom is 0.224 e. The van der Waals surface area contributed by atoms with Gasteiger partial charge in [0.1, 0.15) is 11.9 Å². The summed E-state index contributed by atoms with van der Waals surface area (Å²) in [5, 5.41) is 10.2. The number of hydrogen-bond acceptors (Lipinski definition) is 5. The number of piperidine rings is 1. The third-order valence-corrected chi connectivity index (χ3v) is 5.41. The van der Waals surface area contributed by atoms with Crippen LogP contribution in [0.5, 0.6) is 0 Å². The van der Waals surface area contributed by atoms with Crippen LogP contribution in [0.3, 0.4) is 0 Å². The molecular formula is C18H21FN4O2. The van der Waals surface area contributed by atoms with Crippen molar-refractivity contribution in [2.24, 2.45) is 11.3 Å². The summed E-state index contributed by atoms with van der Waals surface area (Å²) in [6.45, 7) is 3.57. The largest absolute Gasteiger partial charge is 0.342 e. The van der Waals surface area contributed by atoms with Gasteiger partial charge in [-0.05, 0) is 43.8 Å². The molecule has 1 aromatic carbocycles. The second-order valence-corrected chi connectivity index (χ2v) is 7.00. The Morgan fingerprint density at radius 2 is 2.16 bits per heavy atom. The molecule has 25 heavy (non-hydrogen) atoms. The van der Waals surface area contributed by atoms with Gasteiger partial charge in [0.25, 0.3) is 0 Å². The minimum absolute atomic E-state index is 0.0168. The van der Waals surface area contributed by atoms with Gasteiger partial charge in [-0.15, -0.1) is 0 Å². The van der Waals surface area contributed by atoms with E-state index in [0.29, 0.717) is 11.5 Å². The predicted octanol–water partition coefficient (Wildman–Crippen LogP) is 2.11. The molecule has 4 rings (SSSR count). The zero-order valence-corrected chi connectivity index (χ0v) is 14.1. The minimum atomic E-state index is -0.745. The van der Waals surface area contributed by atoms with E-state index in [1.165, 1.54) is 6.07 Å². The molecule has 1 saturated heterocycles. The van der Waals surface area contributed by atoms with E-state index in [0.717, 1.165) is 32.4 Å². The molecule has 2 N–H and O–H groups in total. The number of carbonyl (C=O) groups excluding carboxylic acids is 1. The molecule has 0 unspecified atom stereocenters. The fourth-order valence-electron chi connectivity index (χ4n) is 3.86. The second kappa shape index (κ2) is 6.22. The van der Waals surface area contributed by atoms with Crippen molar-refractivity contribution in [3.05, 3.63) is 47.4 Å². The van der Waals surface area contributed by atoms with Gasteiger partial charge in [-0.1, -0.05) is 23.4 Å². The topological polar surface area (TPSA) is 80.0 Å². The molecule has 2 fully saturated rings. The van der Waals surface area contributed by atoms with Crippen LogP contribution in [0.25, 0.3) is 0 Å². The summed E-state index contributed by atoms with van der Waals surface area (Å²) in [5.41, 5.74) is 0.458. The highest BCUT2D eigenvalue weighted by atomic mass is 19.1. The minimum Gasteiger partial charge on any atom is -0.342 e. The third kappa shape index (κ3) is 3.04. The monoisotopic (exact) mass is 344 g/mol. The van der Waals surface area contributed by atoms with Gasteiger partial charge in [0.15, 0.2) is 5.82 Å². The molecule has 1 aliphatic heterocycles. The van der Waals surface area contributed by atoms with Gasteiger partial charge in [-0.3, -0.25) is 4.79 Å². The molecule has 1 spiro atoms. The smallest absolute Gasteiger partial charge is 0.224 e. The molecule has 2 atom stereocenters. The fourth-order valence-corrected chi connectivity index (χ4v) is 3.86. The van der Waals surface area contributed by atoms with Gasteiger partial charge in [0, 0.05) is 18.4 Å². The maximum atomic E-state index is 14.3. The number of halogens is 1. The molecule has 1 saturated carbocycles. The first-order valence-corrected chi connectivity index (χ1v) is 8.65. The third-order valence-electron chi connectivity index (χ3n) is 5.41. The van der Waals surface area contributed by atoms with Crippen LogP contribution in [0, 0.1) is 24.1 Å². The SMILES string of the molecule is Cc1nc([C@@H](NC(=O)[C@H]2CC23CCNCC3)c2ccccc2F)no1. The maximum absolute atomic E-state index is 14.3. The van der Waals surface area contributed by atoms with Crippen LogP contribution in [0.15, 0.2) is 28.8 Å². The lowest BCUT2D eigenvalue weighted by atomic mass is 9.91. The summed E-state index contributed by atoms with van der Waals surface area (Å²) in [6, 6.07) is 5.61. The predicted molar refractivity (Wildman–Crippen MR) is 88.1 cm³/mol. The Morgan fingerprint density at radius 3 is 2.84 bits per heavy atom. The molecule has 6 nitrogen and oxygen atoms in total. The average Bonchev–Trinajstić information content (AvgIpc) is 3.12. The number of rotatable bonds is 4. The van der Waals surface area contributed by atoms with Crippen molar-refractivity contribution in [2.45, 2.75) is 32.2 Å². The number of carbonyl (C=O) groups is 1. The Hall–Kier alpha value is -2.28. The first-order valence-electron chi connectivity index (χ1n) is 8.65. The molecule has 1 amide bonds. The standard InChI is InChI=1S/C18H21FN4O2/c1-11-21-16(23-25-11)15(12-4-2-3-5-14(12)19)22-17(24)13-10-18(13)6-8-20-9-7-18/h2-5,13,15,20H,6-10H2,1H3,(H,22,24)/t13-,15+/m1/s1. The lowest BCUT2D eigenvalue weighted by molar-refractivity contribution is -0.123. The van der Waals surface area contributed by atoms with Gasteiger partial charge in [0.2, 0.25) is 11.8 Å². The Bertz CT molecular complexity index is 785. The molecule has 132 valence electrons. The molecule has 1 aliphatic carbocycles. The summed E-state index contributed by atoms with van der Waals surface area (Å²) in [7, 11) is 0. The van der Waals surface area contributed by atoms with E-state index < -0.39 is 11.9 Å². The summed E-state index contributed by atoms with van der Waals surface area (Å²) in [5.74, 6) is 0.180. The Morgan fingerprint density at radius 1 is 1.40 bits per heavy atom. The van der Waals surface area contributed by atoms with Gasteiger partial charge >= 0.3 is 0 Å². The van der Waals surface area contributed by atoms with Crippen LogP contribution < -0.4 is 10.6 Å². The van der Waals surface area contributed by atoms with Crippen molar-refractivity contribution < 1.29 is 13.7 Å². The van der Waals surface area contributed by atoms with Crippen molar-refractivity contribution in [2.75, 3.05) is 13.1 Å². The summed E-state index contributed by atoms with van der Waals surface area (Å²) in [4.78, 5) is 17.0. The molecule has 1 aromatic heterocycles. The van der Waals surface area contributed by atoms with Crippen molar-refractivity contribution >= 4 is 5.91 Å². The van der Waals surface area contributed by atoms with Crippen molar-refractivity contribution in [1.29, 1.82) is 0 Å². The van der Waals surface area contributed by atoms with E-state index in [2.05, 4.69) is 20.8 Å². The van der Waals surface area contributed by atoms with Crippen LogP contribution >= 0.6 is 0 Å². The Labute approximate surface area is 145 Å². The normalized spacial score (nSPS) is 22.6. The first-order chi connectivity index (χ1) is 12.1. The lowest BCUT2D eigenvalue weighted by Gasteiger charge is -2.24. The number of aromatic nitrogens is 2. The number of nitrogens with zero attached hydrogens (tertiary/aromatic N) is 2. The lowest BCUT2D eigenvalue weighted by Crippen LogP contribution is -2.36. The van der Waals surface area contributed by atoms with Gasteiger partial charge < -0.3 is 15.2 Å². The van der Waals surface area contributed by atoms with Gasteiger partial charge in [-0.2, -0.15) is 4.98 Å². The van der Waals surface area contributed by atoms with Crippen LogP contribution in [-0.2, 0) is 4.79 Å². The van der Waals surface area contributed by atoms with E-state index in [9.17, 15) is 9.18 Å². The summed E-state index contributed by atoms with van der Waals surface area (Å²) >= 11 is 0. The van der Waals surface area contributed by atoms with Crippen LogP contribution in [-0.4, -0.2) is 29.1 Å². The number of benzene rings is 1.